The van der Waals surface area contributed by atoms with Gasteiger partial charge in [0, 0.05) is 0 Å². The fourth-order valence-corrected chi connectivity index (χ4v) is 5.34. The molecule has 1 aliphatic rings. The average Bonchev–Trinajstić information content (AvgIpc) is 2.90. The van der Waals surface area contributed by atoms with Gasteiger partial charge in [-0.1, -0.05) is 0 Å². The summed E-state index contributed by atoms with van der Waals surface area (Å²) in [6.45, 7) is 0. The van der Waals surface area contributed by atoms with Gasteiger partial charge in [0.05, 0.1) is 0 Å². The van der Waals surface area contributed by atoms with Crippen LogP contribution in [-0.4, -0.2) is 56.3 Å². The molecule has 1 aliphatic heterocycles. The fourth-order valence-electron chi connectivity index (χ4n) is 2.60. The van der Waals surface area contributed by atoms with Crippen molar-refractivity contribution >= 4 is 7.74 Å². The Morgan fingerprint density at radius 3 is 1.00 bits per heavy atom. The molecule has 0 aromatic heterocycles. The van der Waals surface area contributed by atoms with Crippen molar-refractivity contribution in [2.24, 2.45) is 0 Å². The normalized spacial score (nSPS) is 23.7. The summed E-state index contributed by atoms with van der Waals surface area (Å²) in [5.74, 6) is -4.05. The van der Waals surface area contributed by atoms with E-state index in [1.807, 2.05) is 0 Å². The number of alkyl halides is 15. The van der Waals surface area contributed by atoms with E-state index in [1.54, 1.807) is 0 Å². The Hall–Kier alpha value is -1.38. The van der Waals surface area contributed by atoms with Crippen LogP contribution in [0.4, 0.5) is 74.6 Å². The molecule has 0 aromatic carbocycles. The topological polar surface area (TPSA) is 46.2 Å². The summed E-state index contributed by atoms with van der Waals surface area (Å²) in [6.07, 6.45) is -42.5. The monoisotopic (exact) mass is 572 g/mol. The number of rotatable bonds is 4. The molecule has 0 amide bonds. The van der Waals surface area contributed by atoms with E-state index in [1.165, 1.54) is 0 Å². The molecule has 1 heterocycles. The Bertz CT molecular complexity index is 738. The third-order valence-corrected chi connectivity index (χ3v) is 6.75. The minimum absolute atomic E-state index is 0.494. The summed E-state index contributed by atoms with van der Waals surface area (Å²) < 4.78 is 242. The summed E-state index contributed by atoms with van der Waals surface area (Å²) in [7, 11) is -9.72. The number of hydrogen-bond donors (Lipinski definition) is 0. The molecule has 23 heteroatoms. The van der Waals surface area contributed by atoms with Crippen LogP contribution in [0.1, 0.15) is 0 Å². The van der Waals surface area contributed by atoms with Crippen molar-refractivity contribution in [3.8, 4) is 0 Å². The van der Waals surface area contributed by atoms with E-state index in [2.05, 4.69) is 22.6 Å². The van der Waals surface area contributed by atoms with Gasteiger partial charge >= 0.3 is 173 Å². The molecule has 0 saturated carbocycles. The second-order valence-corrected chi connectivity index (χ2v) is 8.59. The van der Waals surface area contributed by atoms with Crippen LogP contribution in [0.25, 0.3) is 0 Å². The second kappa shape index (κ2) is 7.81. The van der Waals surface area contributed by atoms with E-state index in [0.29, 0.717) is 0 Å². The van der Waals surface area contributed by atoms with Crippen LogP contribution in [0, 0.1) is 0 Å². The number of halogens is 17. The molecule has 0 spiro atoms. The van der Waals surface area contributed by atoms with Gasteiger partial charge in [-0.2, -0.15) is 0 Å². The average molecular weight is 572 g/mol. The predicted molar refractivity (Wildman–Crippen MR) is 69.2 cm³/mol. The van der Waals surface area contributed by atoms with E-state index in [9.17, 15) is 74.6 Å². The number of hydrogen-bond acceptors (Lipinski definition) is 5. The van der Waals surface area contributed by atoms with Gasteiger partial charge in [-0.3, -0.25) is 0 Å². The molecule has 0 unspecified atom stereocenters. The maximum absolute atomic E-state index is 13.5. The SMILES string of the molecule is COP1(OC)(OC(=C(F)F)C(F)(F)F)OC(C(F)(F)F)(C(F)(F)F)C(C(F)(F)F)(C(F)(F)F)O1. The van der Waals surface area contributed by atoms with Crippen molar-refractivity contribution < 1.29 is 97.3 Å². The van der Waals surface area contributed by atoms with E-state index in [0.717, 1.165) is 0 Å². The quantitative estimate of drug-likeness (QED) is 0.209. The molecule has 1 saturated heterocycles. The van der Waals surface area contributed by atoms with Crippen molar-refractivity contribution in [3.63, 3.8) is 0 Å². The van der Waals surface area contributed by atoms with Gasteiger partial charge in [-0.05, 0) is 0 Å². The molecule has 1 fully saturated rings. The van der Waals surface area contributed by atoms with Crippen LogP contribution in [0.5, 0.6) is 0 Å². The predicted octanol–water partition coefficient (Wildman–Crippen LogP) is 6.87. The third-order valence-electron chi connectivity index (χ3n) is 3.93. The van der Waals surface area contributed by atoms with Crippen LogP contribution < -0.4 is 0 Å². The van der Waals surface area contributed by atoms with Gasteiger partial charge < -0.3 is 0 Å². The van der Waals surface area contributed by atoms with Gasteiger partial charge in [0.2, 0.25) is 0 Å². The van der Waals surface area contributed by atoms with E-state index in [-0.39, 0.29) is 0 Å². The summed E-state index contributed by atoms with van der Waals surface area (Å²) >= 11 is 0. The van der Waals surface area contributed by atoms with Gasteiger partial charge in [0.15, 0.2) is 0 Å². The fraction of sp³-hybridized carbons (Fsp3) is 0.818. The van der Waals surface area contributed by atoms with Crippen molar-refractivity contribution in [3.05, 3.63) is 11.8 Å². The van der Waals surface area contributed by atoms with Crippen LogP contribution in [-0.2, 0) is 22.6 Å². The Balaban J connectivity index is 4.43. The molecule has 1 rings (SSSR count). The van der Waals surface area contributed by atoms with Gasteiger partial charge in [-0.25, -0.2) is 0 Å². The summed E-state index contributed by atoms with van der Waals surface area (Å²) in [5.41, 5.74) is -15.5. The first-order valence-corrected chi connectivity index (χ1v) is 9.13. The zero-order valence-electron chi connectivity index (χ0n) is 15.4. The number of allylic oxidation sites excluding steroid dienone is 1. The van der Waals surface area contributed by atoms with Gasteiger partial charge in [-0.15, -0.1) is 0 Å². The summed E-state index contributed by atoms with van der Waals surface area (Å²) in [6, 6.07) is 0. The molecule has 204 valence electrons. The van der Waals surface area contributed by atoms with Gasteiger partial charge in [0.1, 0.15) is 0 Å². The Morgan fingerprint density at radius 2 is 0.853 bits per heavy atom. The molecular weight excluding hydrogens is 566 g/mol. The van der Waals surface area contributed by atoms with Crippen LogP contribution in [0.3, 0.4) is 0 Å². The van der Waals surface area contributed by atoms with Crippen molar-refractivity contribution in [2.45, 2.75) is 42.1 Å². The van der Waals surface area contributed by atoms with E-state index in [4.69, 9.17) is 0 Å². The first-order valence-electron chi connectivity index (χ1n) is 7.30. The molecule has 5 nitrogen and oxygen atoms in total. The Labute approximate surface area is 174 Å². The van der Waals surface area contributed by atoms with E-state index < -0.39 is 75.9 Å². The molecule has 0 aromatic rings. The minimum atomic E-state index is -8.73. The second-order valence-electron chi connectivity index (χ2n) is 5.83. The summed E-state index contributed by atoms with van der Waals surface area (Å²) in [5, 5.41) is 0. The molecule has 34 heavy (non-hydrogen) atoms. The molecule has 0 radical (unpaired) electrons. The zero-order valence-corrected chi connectivity index (χ0v) is 16.3. The van der Waals surface area contributed by atoms with Crippen molar-refractivity contribution in [2.75, 3.05) is 14.2 Å². The Morgan fingerprint density at radius 1 is 0.588 bits per heavy atom. The first kappa shape index (κ1) is 30.7. The molecular formula is C11H6F17O5P. The maximum atomic E-state index is 13.5. The molecule has 0 bridgehead atoms. The van der Waals surface area contributed by atoms with Crippen molar-refractivity contribution in [1.29, 1.82) is 0 Å². The molecule has 0 aliphatic carbocycles. The van der Waals surface area contributed by atoms with E-state index >= 15 is 0 Å². The summed E-state index contributed by atoms with van der Waals surface area (Å²) in [4.78, 5) is 0. The zero-order chi connectivity index (χ0) is 27.6. The molecule has 0 N–H and O–H groups in total. The van der Waals surface area contributed by atoms with Crippen LogP contribution in [0.15, 0.2) is 11.8 Å². The van der Waals surface area contributed by atoms with Gasteiger partial charge in [0.25, 0.3) is 0 Å². The Kier molecular flexibility index (Phi) is 7.04. The van der Waals surface area contributed by atoms with Crippen LogP contribution >= 0.6 is 7.74 Å². The van der Waals surface area contributed by atoms with Crippen LogP contribution in [0.2, 0.25) is 0 Å². The van der Waals surface area contributed by atoms with Crippen molar-refractivity contribution in [1.82, 2.24) is 0 Å². The third kappa shape index (κ3) is 4.03. The first-order chi connectivity index (χ1) is 14.6. The molecule has 0 atom stereocenters. The standard InChI is InChI=1S/C11H6F17O5P/c1-29-34(30-2,31-3(4(12)13)5(14,15)16)32-6(8(17,18)19,9(20,21)22)7(33-34,10(23,24)25)11(26,27)28/h1-2H3.